The molecule has 0 aliphatic rings. The number of aryl methyl sites for hydroxylation is 2. The molecule has 2 heterocycles. The summed E-state index contributed by atoms with van der Waals surface area (Å²) in [5, 5.41) is 4.32. The van der Waals surface area contributed by atoms with Crippen LogP contribution in [0.5, 0.6) is 11.5 Å². The zero-order chi connectivity index (χ0) is 24.2. The van der Waals surface area contributed by atoms with Crippen molar-refractivity contribution in [1.29, 1.82) is 0 Å². The summed E-state index contributed by atoms with van der Waals surface area (Å²) in [7, 11) is 5.14. The second kappa shape index (κ2) is 9.80. The smallest absolute Gasteiger partial charge is 0.271 e. The SMILES string of the molecule is COc1ccc(Nc2nc(-c3ccc4c(CCCN)cn(C)c4c3)cnc2C(N)=O)cc1OC. The molecule has 2 aromatic carbocycles. The average molecular weight is 461 g/mol. The summed E-state index contributed by atoms with van der Waals surface area (Å²) < 4.78 is 12.7. The van der Waals surface area contributed by atoms with E-state index in [1.165, 1.54) is 10.9 Å². The maximum absolute atomic E-state index is 12.0. The van der Waals surface area contributed by atoms with Gasteiger partial charge in [-0.2, -0.15) is 0 Å². The number of rotatable bonds is 9. The van der Waals surface area contributed by atoms with Crippen molar-refractivity contribution in [3.63, 3.8) is 0 Å². The zero-order valence-electron chi connectivity index (χ0n) is 19.5. The van der Waals surface area contributed by atoms with E-state index in [-0.39, 0.29) is 11.5 Å². The predicted molar refractivity (Wildman–Crippen MR) is 133 cm³/mol. The van der Waals surface area contributed by atoms with E-state index in [0.29, 0.717) is 29.4 Å². The molecule has 4 rings (SSSR count). The lowest BCUT2D eigenvalue weighted by Crippen LogP contribution is -2.16. The van der Waals surface area contributed by atoms with Crippen LogP contribution in [-0.2, 0) is 13.5 Å². The molecular formula is C25H28N6O3. The Kier molecular flexibility index (Phi) is 6.65. The summed E-state index contributed by atoms with van der Waals surface area (Å²) in [4.78, 5) is 21.0. The fraction of sp³-hybridized carbons (Fsp3) is 0.240. The number of benzene rings is 2. The summed E-state index contributed by atoms with van der Waals surface area (Å²) in [6.07, 6.45) is 5.56. The van der Waals surface area contributed by atoms with Gasteiger partial charge in [0.15, 0.2) is 23.0 Å². The van der Waals surface area contributed by atoms with Crippen LogP contribution in [0.4, 0.5) is 11.5 Å². The van der Waals surface area contributed by atoms with Crippen molar-refractivity contribution in [2.24, 2.45) is 18.5 Å². The van der Waals surface area contributed by atoms with Gasteiger partial charge < -0.3 is 30.8 Å². The number of anilines is 2. The molecule has 0 unspecified atom stereocenters. The zero-order valence-corrected chi connectivity index (χ0v) is 19.5. The van der Waals surface area contributed by atoms with Gasteiger partial charge in [-0.3, -0.25) is 4.79 Å². The Balaban J connectivity index is 1.73. The molecule has 1 amide bonds. The molecule has 9 heteroatoms. The van der Waals surface area contributed by atoms with Gasteiger partial charge in [0.2, 0.25) is 0 Å². The van der Waals surface area contributed by atoms with Crippen LogP contribution < -0.4 is 26.3 Å². The summed E-state index contributed by atoms with van der Waals surface area (Å²) in [6.45, 7) is 0.659. The van der Waals surface area contributed by atoms with Crippen molar-refractivity contribution in [1.82, 2.24) is 14.5 Å². The maximum atomic E-state index is 12.0. The number of hydrogen-bond donors (Lipinski definition) is 3. The molecule has 0 saturated carbocycles. The Morgan fingerprint density at radius 2 is 1.91 bits per heavy atom. The van der Waals surface area contributed by atoms with Crippen molar-refractivity contribution >= 4 is 28.3 Å². The highest BCUT2D eigenvalue weighted by molar-refractivity contribution is 5.96. The standard InChI is InChI=1S/C25H28N6O3/c1-31-14-16(5-4-10-26)18-8-6-15(11-20(18)31)19-13-28-23(24(27)32)25(30-19)29-17-7-9-21(33-2)22(12-17)34-3/h6-9,11-14H,4-5,10,26H2,1-3H3,(H2,27,32)(H,29,30). The lowest BCUT2D eigenvalue weighted by molar-refractivity contribution is 0.0996. The second-order valence-corrected chi connectivity index (χ2v) is 7.90. The molecule has 5 N–H and O–H groups in total. The second-order valence-electron chi connectivity index (χ2n) is 7.90. The first kappa shape index (κ1) is 23.1. The first-order valence-electron chi connectivity index (χ1n) is 10.9. The molecule has 9 nitrogen and oxygen atoms in total. The topological polar surface area (TPSA) is 130 Å². The van der Waals surface area contributed by atoms with Gasteiger partial charge in [0.1, 0.15) is 0 Å². The van der Waals surface area contributed by atoms with E-state index in [0.717, 1.165) is 23.9 Å². The van der Waals surface area contributed by atoms with Crippen LogP contribution >= 0.6 is 0 Å². The van der Waals surface area contributed by atoms with Crippen LogP contribution in [0.3, 0.4) is 0 Å². The molecule has 0 atom stereocenters. The number of methoxy groups -OCH3 is 2. The number of carbonyl (C=O) groups excluding carboxylic acids is 1. The van der Waals surface area contributed by atoms with Crippen LogP contribution in [0.15, 0.2) is 48.8 Å². The highest BCUT2D eigenvalue weighted by Crippen LogP contribution is 2.32. The lowest BCUT2D eigenvalue weighted by Gasteiger charge is -2.13. The van der Waals surface area contributed by atoms with Crippen molar-refractivity contribution in [2.45, 2.75) is 12.8 Å². The maximum Gasteiger partial charge on any atom is 0.271 e. The first-order valence-corrected chi connectivity index (χ1v) is 10.9. The third kappa shape index (κ3) is 4.51. The first-order chi connectivity index (χ1) is 16.4. The van der Waals surface area contributed by atoms with Crippen molar-refractivity contribution in [3.05, 3.63) is 60.0 Å². The Morgan fingerprint density at radius 1 is 1.12 bits per heavy atom. The minimum atomic E-state index is -0.676. The Morgan fingerprint density at radius 3 is 2.62 bits per heavy atom. The van der Waals surface area contributed by atoms with Gasteiger partial charge in [0.25, 0.3) is 5.91 Å². The summed E-state index contributed by atoms with van der Waals surface area (Å²) in [5.41, 5.74) is 15.8. The molecule has 0 aliphatic heterocycles. The summed E-state index contributed by atoms with van der Waals surface area (Å²) >= 11 is 0. The molecule has 4 aromatic rings. The number of nitrogens with zero attached hydrogens (tertiary/aromatic N) is 3. The number of nitrogens with one attached hydrogen (secondary N) is 1. The minimum absolute atomic E-state index is 0.0440. The molecule has 0 aliphatic carbocycles. The normalized spacial score (nSPS) is 10.9. The van der Waals surface area contributed by atoms with Crippen LogP contribution in [0.2, 0.25) is 0 Å². The van der Waals surface area contributed by atoms with Gasteiger partial charge >= 0.3 is 0 Å². The number of fused-ring (bicyclic) bond motifs is 1. The van der Waals surface area contributed by atoms with E-state index in [1.54, 1.807) is 38.6 Å². The van der Waals surface area contributed by atoms with E-state index in [4.69, 9.17) is 20.9 Å². The number of nitrogens with two attached hydrogens (primary N) is 2. The largest absolute Gasteiger partial charge is 0.493 e. The number of aromatic nitrogens is 3. The van der Waals surface area contributed by atoms with E-state index in [2.05, 4.69) is 38.2 Å². The Labute approximate surface area is 197 Å². The van der Waals surface area contributed by atoms with Gasteiger partial charge in [0, 0.05) is 41.5 Å². The molecule has 176 valence electrons. The number of hydrogen-bond acceptors (Lipinski definition) is 7. The number of carbonyl (C=O) groups is 1. The highest BCUT2D eigenvalue weighted by Gasteiger charge is 2.16. The number of ether oxygens (including phenoxy) is 2. The molecule has 34 heavy (non-hydrogen) atoms. The van der Waals surface area contributed by atoms with Crippen LogP contribution in [0.1, 0.15) is 22.5 Å². The molecule has 0 spiro atoms. The number of amides is 1. The van der Waals surface area contributed by atoms with Crippen molar-refractivity contribution in [3.8, 4) is 22.8 Å². The highest BCUT2D eigenvalue weighted by atomic mass is 16.5. The molecular weight excluding hydrogens is 432 g/mol. The van der Waals surface area contributed by atoms with E-state index >= 15 is 0 Å². The van der Waals surface area contributed by atoms with Crippen molar-refractivity contribution in [2.75, 3.05) is 26.1 Å². The van der Waals surface area contributed by atoms with Crippen LogP contribution in [0, 0.1) is 0 Å². The average Bonchev–Trinajstić information content (AvgIpc) is 3.17. The van der Waals surface area contributed by atoms with Gasteiger partial charge in [0.05, 0.1) is 26.1 Å². The van der Waals surface area contributed by atoms with Crippen molar-refractivity contribution < 1.29 is 14.3 Å². The molecule has 0 fully saturated rings. The van der Waals surface area contributed by atoms with E-state index < -0.39 is 5.91 Å². The third-order valence-corrected chi connectivity index (χ3v) is 5.67. The monoisotopic (exact) mass is 460 g/mol. The quantitative estimate of drug-likeness (QED) is 0.349. The van der Waals surface area contributed by atoms with Crippen LogP contribution in [0.25, 0.3) is 22.2 Å². The molecule has 0 radical (unpaired) electrons. The van der Waals surface area contributed by atoms with Gasteiger partial charge in [-0.05, 0) is 43.1 Å². The summed E-state index contributed by atoms with van der Waals surface area (Å²) in [6, 6.07) is 11.4. The van der Waals surface area contributed by atoms with E-state index in [1.807, 2.05) is 13.1 Å². The van der Waals surface area contributed by atoms with E-state index in [9.17, 15) is 4.79 Å². The fourth-order valence-corrected chi connectivity index (χ4v) is 3.97. The third-order valence-electron chi connectivity index (χ3n) is 5.67. The van der Waals surface area contributed by atoms with Gasteiger partial charge in [-0.25, -0.2) is 9.97 Å². The minimum Gasteiger partial charge on any atom is -0.493 e. The molecule has 0 saturated heterocycles. The van der Waals surface area contributed by atoms with Crippen LogP contribution in [-0.4, -0.2) is 41.2 Å². The van der Waals surface area contributed by atoms with Gasteiger partial charge in [-0.15, -0.1) is 0 Å². The Bertz CT molecular complexity index is 1350. The summed E-state index contributed by atoms with van der Waals surface area (Å²) in [5.74, 6) is 0.707. The predicted octanol–water partition coefficient (Wildman–Crippen LogP) is 3.39. The van der Waals surface area contributed by atoms with Gasteiger partial charge in [-0.1, -0.05) is 12.1 Å². The fourth-order valence-electron chi connectivity index (χ4n) is 3.97. The molecule has 2 aromatic heterocycles. The Hall–Kier alpha value is -4.11. The lowest BCUT2D eigenvalue weighted by atomic mass is 10.1. The molecule has 0 bridgehead atoms. The number of primary amides is 1.